The lowest BCUT2D eigenvalue weighted by atomic mass is 10.1. The molecular formula is C18H26N2O9. The summed E-state index contributed by atoms with van der Waals surface area (Å²) in [6.07, 6.45) is 0. The molecule has 0 aromatic heterocycles. The number of hydrogen-bond acceptors (Lipinski definition) is 9. The highest BCUT2D eigenvalue weighted by molar-refractivity contribution is 6.00. The molecule has 1 aromatic carbocycles. The van der Waals surface area contributed by atoms with Crippen LogP contribution in [-0.2, 0) is 19.0 Å². The number of ether oxygens (including phenoxy) is 5. The van der Waals surface area contributed by atoms with Gasteiger partial charge in [0.15, 0.2) is 11.5 Å². The van der Waals surface area contributed by atoms with Crippen LogP contribution in [0.3, 0.4) is 0 Å². The number of rotatable bonds is 13. The molecule has 0 radical (unpaired) electrons. The van der Waals surface area contributed by atoms with Crippen molar-refractivity contribution in [3.63, 3.8) is 0 Å². The second-order valence-corrected chi connectivity index (χ2v) is 5.64. The zero-order valence-electron chi connectivity index (χ0n) is 17.0. The Morgan fingerprint density at radius 2 is 1.76 bits per heavy atom. The van der Waals surface area contributed by atoms with Crippen LogP contribution in [0.25, 0.3) is 0 Å². The Balaban J connectivity index is 3.29. The van der Waals surface area contributed by atoms with E-state index in [0.717, 1.165) is 11.0 Å². The second-order valence-electron chi connectivity index (χ2n) is 5.64. The maximum absolute atomic E-state index is 13.0. The number of nitro benzene ring substituents is 1. The van der Waals surface area contributed by atoms with Crippen molar-refractivity contribution in [1.29, 1.82) is 0 Å². The number of amides is 1. The third-order valence-corrected chi connectivity index (χ3v) is 3.73. The summed E-state index contributed by atoms with van der Waals surface area (Å²) in [5.74, 6) is -1.13. The number of nitro groups is 1. The van der Waals surface area contributed by atoms with Crippen molar-refractivity contribution in [2.45, 2.75) is 6.92 Å². The van der Waals surface area contributed by atoms with E-state index in [-0.39, 0.29) is 56.6 Å². The van der Waals surface area contributed by atoms with Crippen LogP contribution in [0.4, 0.5) is 5.69 Å². The predicted molar refractivity (Wildman–Crippen MR) is 101 cm³/mol. The highest BCUT2D eigenvalue weighted by Gasteiger charge is 2.29. The molecule has 0 fully saturated rings. The van der Waals surface area contributed by atoms with Crippen LogP contribution < -0.4 is 9.47 Å². The van der Waals surface area contributed by atoms with Gasteiger partial charge in [-0.1, -0.05) is 0 Å². The molecule has 0 saturated carbocycles. The highest BCUT2D eigenvalue weighted by Crippen LogP contribution is 2.35. The van der Waals surface area contributed by atoms with Gasteiger partial charge in [-0.05, 0) is 6.92 Å². The second kappa shape index (κ2) is 12.5. The Kier molecular flexibility index (Phi) is 10.4. The fourth-order valence-electron chi connectivity index (χ4n) is 2.37. The van der Waals surface area contributed by atoms with Gasteiger partial charge in [-0.2, -0.15) is 0 Å². The van der Waals surface area contributed by atoms with Gasteiger partial charge in [-0.15, -0.1) is 0 Å². The van der Waals surface area contributed by atoms with E-state index in [0.29, 0.717) is 0 Å². The summed E-state index contributed by atoms with van der Waals surface area (Å²) in [4.78, 5) is 36.8. The number of hydrogen-bond donors (Lipinski definition) is 0. The molecule has 0 N–H and O–H groups in total. The summed E-state index contributed by atoms with van der Waals surface area (Å²) in [5, 5.41) is 11.6. The van der Waals surface area contributed by atoms with Crippen LogP contribution in [0.1, 0.15) is 17.3 Å². The maximum Gasteiger partial charge on any atom is 0.325 e. The molecule has 0 unspecified atom stereocenters. The van der Waals surface area contributed by atoms with E-state index in [1.807, 2.05) is 0 Å². The Morgan fingerprint density at radius 1 is 1.07 bits per heavy atom. The lowest BCUT2D eigenvalue weighted by Crippen LogP contribution is -2.39. The van der Waals surface area contributed by atoms with Crippen LogP contribution in [0.5, 0.6) is 11.5 Å². The average Bonchev–Trinajstić information content (AvgIpc) is 2.70. The summed E-state index contributed by atoms with van der Waals surface area (Å²) in [6.45, 7) is 1.99. The van der Waals surface area contributed by atoms with Crippen LogP contribution in [0.2, 0.25) is 0 Å². The Morgan fingerprint density at radius 3 is 2.31 bits per heavy atom. The van der Waals surface area contributed by atoms with Gasteiger partial charge in [0, 0.05) is 26.8 Å². The van der Waals surface area contributed by atoms with Crippen molar-refractivity contribution in [3.05, 3.63) is 27.8 Å². The van der Waals surface area contributed by atoms with E-state index in [2.05, 4.69) is 0 Å². The molecule has 0 spiro atoms. The first-order chi connectivity index (χ1) is 13.9. The molecule has 0 aliphatic carbocycles. The lowest BCUT2D eigenvalue weighted by molar-refractivity contribution is -0.385. The van der Waals surface area contributed by atoms with Gasteiger partial charge in [0.1, 0.15) is 18.7 Å². The zero-order chi connectivity index (χ0) is 21.8. The first-order valence-electron chi connectivity index (χ1n) is 8.81. The Hall–Kier alpha value is -2.92. The number of methoxy groups -OCH3 is 3. The molecule has 29 heavy (non-hydrogen) atoms. The molecule has 0 aliphatic rings. The van der Waals surface area contributed by atoms with Gasteiger partial charge >= 0.3 is 5.97 Å². The van der Waals surface area contributed by atoms with Crippen molar-refractivity contribution >= 4 is 17.6 Å². The van der Waals surface area contributed by atoms with E-state index in [9.17, 15) is 19.7 Å². The maximum atomic E-state index is 13.0. The Bertz CT molecular complexity index is 709. The number of carbonyl (C=O) groups is 2. The van der Waals surface area contributed by atoms with E-state index < -0.39 is 22.5 Å². The fourth-order valence-corrected chi connectivity index (χ4v) is 2.37. The molecule has 1 amide bonds. The molecule has 0 saturated heterocycles. The fraction of sp³-hybridized carbons (Fsp3) is 0.556. The topological polar surface area (TPSA) is 127 Å². The van der Waals surface area contributed by atoms with Crippen molar-refractivity contribution in [3.8, 4) is 11.5 Å². The average molecular weight is 414 g/mol. The summed E-state index contributed by atoms with van der Waals surface area (Å²) in [5.41, 5.74) is -0.721. The van der Waals surface area contributed by atoms with Crippen molar-refractivity contribution in [1.82, 2.24) is 4.90 Å². The van der Waals surface area contributed by atoms with Crippen LogP contribution >= 0.6 is 0 Å². The molecule has 162 valence electrons. The minimum atomic E-state index is -0.733. The summed E-state index contributed by atoms with van der Waals surface area (Å²) < 4.78 is 25.4. The Labute approximate surface area is 168 Å². The van der Waals surface area contributed by atoms with E-state index in [1.54, 1.807) is 6.92 Å². The molecule has 0 aliphatic heterocycles. The van der Waals surface area contributed by atoms with Gasteiger partial charge in [-0.25, -0.2) is 0 Å². The van der Waals surface area contributed by atoms with E-state index in [4.69, 9.17) is 23.7 Å². The molecule has 0 heterocycles. The van der Waals surface area contributed by atoms with Gasteiger partial charge < -0.3 is 28.6 Å². The molecule has 1 aromatic rings. The number of benzene rings is 1. The monoisotopic (exact) mass is 414 g/mol. The molecule has 0 atom stereocenters. The minimum Gasteiger partial charge on any atom is -0.493 e. The van der Waals surface area contributed by atoms with Gasteiger partial charge in [0.25, 0.3) is 11.6 Å². The van der Waals surface area contributed by atoms with E-state index >= 15 is 0 Å². The number of carbonyl (C=O) groups excluding carboxylic acids is 2. The predicted octanol–water partition coefficient (Wildman–Crippen LogP) is 1.28. The first-order valence-corrected chi connectivity index (χ1v) is 8.81. The van der Waals surface area contributed by atoms with Gasteiger partial charge in [0.05, 0.1) is 37.9 Å². The van der Waals surface area contributed by atoms with Crippen LogP contribution in [-0.4, -0.2) is 82.5 Å². The normalized spacial score (nSPS) is 10.3. The summed E-state index contributed by atoms with van der Waals surface area (Å²) in [7, 11) is 4.27. The first kappa shape index (κ1) is 24.1. The van der Waals surface area contributed by atoms with Crippen molar-refractivity contribution in [2.24, 2.45) is 0 Å². The quantitative estimate of drug-likeness (QED) is 0.203. The molecule has 1 rings (SSSR count). The third kappa shape index (κ3) is 7.20. The SMILES string of the molecule is CCOC(=O)CN(CCOC)C(=O)c1cc(OC)c(OCCOC)cc1[N+](=O)[O-]. The summed E-state index contributed by atoms with van der Waals surface area (Å²) >= 11 is 0. The molecule has 11 heteroatoms. The molecule has 0 bridgehead atoms. The molecule has 11 nitrogen and oxygen atoms in total. The smallest absolute Gasteiger partial charge is 0.325 e. The minimum absolute atomic E-state index is 0.0414. The summed E-state index contributed by atoms with van der Waals surface area (Å²) in [6, 6.07) is 2.33. The van der Waals surface area contributed by atoms with Crippen molar-refractivity contribution < 1.29 is 38.2 Å². The van der Waals surface area contributed by atoms with Crippen LogP contribution in [0.15, 0.2) is 12.1 Å². The largest absolute Gasteiger partial charge is 0.493 e. The number of esters is 1. The van der Waals surface area contributed by atoms with E-state index in [1.165, 1.54) is 27.4 Å². The van der Waals surface area contributed by atoms with Gasteiger partial charge in [0.2, 0.25) is 0 Å². The zero-order valence-corrected chi connectivity index (χ0v) is 17.0. The number of nitrogens with zero attached hydrogens (tertiary/aromatic N) is 2. The third-order valence-electron chi connectivity index (χ3n) is 3.73. The highest BCUT2D eigenvalue weighted by atomic mass is 16.6. The standard InChI is InChI=1S/C18H26N2O9/c1-5-28-17(21)12-19(6-7-25-2)18(22)13-10-15(27-4)16(29-9-8-26-3)11-14(13)20(23)24/h10-11H,5-9,12H2,1-4H3. The van der Waals surface area contributed by atoms with Crippen molar-refractivity contribution in [2.75, 3.05) is 60.8 Å². The lowest BCUT2D eigenvalue weighted by Gasteiger charge is -2.22. The van der Waals surface area contributed by atoms with Gasteiger partial charge in [-0.3, -0.25) is 19.7 Å². The van der Waals surface area contributed by atoms with Crippen LogP contribution in [0, 0.1) is 10.1 Å². The molecular weight excluding hydrogens is 388 g/mol.